The molecule has 0 fully saturated rings. The predicted octanol–water partition coefficient (Wildman–Crippen LogP) is 5.56. The van der Waals surface area contributed by atoms with Crippen LogP contribution in [0.2, 0.25) is 10.0 Å². The summed E-state index contributed by atoms with van der Waals surface area (Å²) < 4.78 is 0. The Labute approximate surface area is 348 Å². The molecule has 294 valence electrons. The molecule has 2 aromatic heterocycles. The van der Waals surface area contributed by atoms with Gasteiger partial charge >= 0.3 is 16.8 Å². The van der Waals surface area contributed by atoms with Gasteiger partial charge in [0.15, 0.2) is 0 Å². The van der Waals surface area contributed by atoms with Crippen LogP contribution in [0.4, 0.5) is 0 Å². The maximum Gasteiger partial charge on any atom is 3.00 e. The third kappa shape index (κ3) is 17.8. The van der Waals surface area contributed by atoms with E-state index in [0.717, 1.165) is 25.3 Å². The topological polar surface area (TPSA) is 228 Å². The first-order chi connectivity index (χ1) is 27.2. The van der Waals surface area contributed by atoms with Crippen molar-refractivity contribution in [3.8, 4) is 0 Å². The van der Waals surface area contributed by atoms with Crippen LogP contribution >= 0.6 is 23.2 Å². The van der Waals surface area contributed by atoms with Gasteiger partial charge in [-0.15, -0.1) is 10.2 Å². The van der Waals surface area contributed by atoms with E-state index in [0.29, 0.717) is 44.0 Å². The first-order valence-electron chi connectivity index (χ1n) is 16.0. The molecule has 0 radical (unpaired) electrons. The third-order valence-electron chi connectivity index (χ3n) is 6.57. The first kappa shape index (κ1) is 48.7. The molecule has 0 spiro atoms. The molecule has 2 N–H and O–H groups in total. The van der Waals surface area contributed by atoms with Crippen molar-refractivity contribution in [3.63, 3.8) is 0 Å². The predicted molar refractivity (Wildman–Crippen MR) is 215 cm³/mol. The molecule has 0 bridgehead atoms. The van der Waals surface area contributed by atoms with E-state index < -0.39 is 16.9 Å². The van der Waals surface area contributed by atoms with E-state index >= 15 is 0 Å². The Morgan fingerprint density at radius 2 is 0.789 bits per heavy atom. The van der Waals surface area contributed by atoms with Crippen molar-refractivity contribution in [1.82, 2.24) is 9.97 Å². The summed E-state index contributed by atoms with van der Waals surface area (Å²) in [6.07, 6.45) is 3.35. The quantitative estimate of drug-likeness (QED) is 0.0844. The van der Waals surface area contributed by atoms with Crippen LogP contribution in [-0.4, -0.2) is 62.7 Å². The number of aromatic nitrogens is 2. The molecule has 0 aliphatic rings. The number of hydrogen-bond donors (Lipinski definition) is 2. The molecular weight excluding hydrogens is 820 g/mol. The number of nitrogens with zero attached hydrogens (tertiary/aromatic N) is 7. The number of aliphatic hydroxyl groups excluding tert-OH is 2. The molecule has 0 aliphatic carbocycles. The molecule has 0 saturated heterocycles. The molecule has 0 aliphatic heterocycles. The Kier molecular flexibility index (Phi) is 24.0. The zero-order valence-corrected chi connectivity index (χ0v) is 32.7. The maximum atomic E-state index is 12.2. The van der Waals surface area contributed by atoms with Gasteiger partial charge < -0.3 is 35.7 Å². The Morgan fingerprint density at radius 1 is 0.491 bits per heavy atom. The second-order valence-corrected chi connectivity index (χ2v) is 11.0. The molecule has 2 heterocycles. The van der Waals surface area contributed by atoms with Crippen molar-refractivity contribution >= 4 is 46.4 Å². The van der Waals surface area contributed by atoms with Crippen molar-refractivity contribution < 1.29 is 42.3 Å². The zero-order chi connectivity index (χ0) is 41.1. The van der Waals surface area contributed by atoms with E-state index in [-0.39, 0.29) is 16.8 Å². The van der Waals surface area contributed by atoms with Gasteiger partial charge in [-0.3, -0.25) is 9.97 Å². The number of hydrogen-bond acceptors (Lipinski definition) is 13. The zero-order valence-electron chi connectivity index (χ0n) is 30.2. The van der Waals surface area contributed by atoms with E-state index in [9.17, 15) is 10.2 Å². The molecule has 17 heteroatoms. The van der Waals surface area contributed by atoms with Gasteiger partial charge in [0.25, 0.3) is 0 Å². The van der Waals surface area contributed by atoms with Crippen LogP contribution in [0.5, 0.6) is 0 Å². The summed E-state index contributed by atoms with van der Waals surface area (Å²) >= 11 is 11.7. The standard InChI is InChI=1S/2C19H14ClN3O.2CH4O.Co.NO3/c2*20-16-11-9-15(10-12-16)19(24)23-22-18(14-6-2-1-3-7-14)17-8-4-5-13-21-17;2*1-2;;2-1(3)4/h2*1-13H,(H,23,24);2*2H,1H3;;/q;;;;+3;-1/p-2/b2*22-18+;;;;. The monoisotopic (exact) mass is 853 g/mol. The normalized spacial score (nSPS) is 10.9. The van der Waals surface area contributed by atoms with Gasteiger partial charge in [0, 0.05) is 59.6 Å². The SMILES string of the molecule is CO.CO.O=[N+]([O-])[O-].[Co+3].[O-]/C(=N\N=C(/c1ccccc1)c1ccccn1)c1ccc(Cl)cc1.[O-]/C(=N\N=C(/c1ccccc1)c1ccccn1)c1ccc(Cl)cc1. The summed E-state index contributed by atoms with van der Waals surface area (Å²) in [5, 5.41) is 70.3. The number of rotatable bonds is 8. The van der Waals surface area contributed by atoms with Crippen molar-refractivity contribution in [2.45, 2.75) is 0 Å². The first-order valence-corrected chi connectivity index (χ1v) is 16.8. The molecule has 14 nitrogen and oxygen atoms in total. The van der Waals surface area contributed by atoms with Crippen LogP contribution in [0.1, 0.15) is 33.6 Å². The molecule has 6 rings (SSSR count). The van der Waals surface area contributed by atoms with Crippen molar-refractivity contribution in [1.29, 1.82) is 0 Å². The van der Waals surface area contributed by atoms with Crippen molar-refractivity contribution in [3.05, 3.63) is 217 Å². The van der Waals surface area contributed by atoms with E-state index in [1.54, 1.807) is 60.9 Å². The number of aliphatic hydroxyl groups is 2. The molecule has 0 saturated carbocycles. The Bertz CT molecular complexity index is 1910. The maximum absolute atomic E-state index is 12.2. The Morgan fingerprint density at radius 3 is 1.07 bits per heavy atom. The Balaban J connectivity index is 0.000000476. The summed E-state index contributed by atoms with van der Waals surface area (Å²) in [5.41, 5.74) is 4.91. The summed E-state index contributed by atoms with van der Waals surface area (Å²) in [6, 6.07) is 43.1. The second-order valence-electron chi connectivity index (χ2n) is 10.1. The fourth-order valence-corrected chi connectivity index (χ4v) is 4.45. The van der Waals surface area contributed by atoms with E-state index in [2.05, 4.69) is 30.4 Å². The average Bonchev–Trinajstić information content (AvgIpc) is 3.24. The largest absolute Gasteiger partial charge is 3.00 e. The van der Waals surface area contributed by atoms with Crippen molar-refractivity contribution in [2.24, 2.45) is 20.4 Å². The number of pyridine rings is 2. The summed E-state index contributed by atoms with van der Waals surface area (Å²) in [4.78, 5) is 16.8. The number of benzene rings is 4. The molecule has 0 atom stereocenters. The van der Waals surface area contributed by atoms with Gasteiger partial charge in [-0.05, 0) is 59.7 Å². The smallest absolute Gasteiger partial charge is 0.857 e. The average molecular weight is 855 g/mol. The van der Waals surface area contributed by atoms with Crippen LogP contribution in [0.25, 0.3) is 0 Å². The summed E-state index contributed by atoms with van der Waals surface area (Å²) in [5.74, 6) is -0.868. The van der Waals surface area contributed by atoms with Gasteiger partial charge in [0.05, 0.1) is 16.5 Å². The van der Waals surface area contributed by atoms with Gasteiger partial charge in [-0.25, -0.2) is 0 Å². The Hall–Kier alpha value is -6.33. The minimum absolute atomic E-state index is 0. The van der Waals surface area contributed by atoms with Gasteiger partial charge in [0.2, 0.25) is 0 Å². The van der Waals surface area contributed by atoms with Crippen LogP contribution in [0.3, 0.4) is 0 Å². The third-order valence-corrected chi connectivity index (χ3v) is 7.08. The molecular formula is C40H34Cl2CoN7O7. The summed E-state index contributed by atoms with van der Waals surface area (Å²) in [7, 11) is 2.00. The van der Waals surface area contributed by atoms with E-state index in [4.69, 9.17) is 48.7 Å². The van der Waals surface area contributed by atoms with Crippen LogP contribution in [-0.2, 0) is 16.8 Å². The van der Waals surface area contributed by atoms with Crippen molar-refractivity contribution in [2.75, 3.05) is 14.2 Å². The minimum atomic E-state index is -1.75. The van der Waals surface area contributed by atoms with Gasteiger partial charge in [-0.2, -0.15) is 10.2 Å². The van der Waals surface area contributed by atoms with Crippen LogP contribution in [0, 0.1) is 15.3 Å². The molecule has 4 aromatic carbocycles. The van der Waals surface area contributed by atoms with Gasteiger partial charge in [0.1, 0.15) is 11.4 Å². The van der Waals surface area contributed by atoms with Gasteiger partial charge in [-0.1, -0.05) is 120 Å². The van der Waals surface area contributed by atoms with E-state index in [1.807, 2.05) is 97.1 Å². The second kappa shape index (κ2) is 28.1. The fourth-order valence-electron chi connectivity index (χ4n) is 4.20. The number of halogens is 2. The molecule has 0 amide bonds. The van der Waals surface area contributed by atoms with E-state index in [1.165, 1.54) is 0 Å². The minimum Gasteiger partial charge on any atom is -0.857 e. The fraction of sp³-hybridized carbons (Fsp3) is 0.0500. The molecule has 0 unspecified atom stereocenters. The van der Waals surface area contributed by atoms with Crippen LogP contribution in [0.15, 0.2) is 178 Å². The molecule has 57 heavy (non-hydrogen) atoms. The molecule has 6 aromatic rings. The summed E-state index contributed by atoms with van der Waals surface area (Å²) in [6.45, 7) is 0. The van der Waals surface area contributed by atoms with Crippen LogP contribution < -0.4 is 10.2 Å².